The van der Waals surface area contributed by atoms with Crippen molar-refractivity contribution in [3.8, 4) is 0 Å². The van der Waals surface area contributed by atoms with Gasteiger partial charge in [-0.15, -0.1) is 0 Å². The van der Waals surface area contributed by atoms with E-state index < -0.39 is 0 Å². The van der Waals surface area contributed by atoms with E-state index in [4.69, 9.17) is 11.6 Å². The number of hydrogen-bond acceptors (Lipinski definition) is 3. The van der Waals surface area contributed by atoms with Gasteiger partial charge >= 0.3 is 0 Å². The lowest BCUT2D eigenvalue weighted by molar-refractivity contribution is 1.07. The number of benzene rings is 1. The van der Waals surface area contributed by atoms with Gasteiger partial charge in [0.15, 0.2) is 0 Å². The summed E-state index contributed by atoms with van der Waals surface area (Å²) in [6.45, 7) is 2.76. The van der Waals surface area contributed by atoms with Crippen LogP contribution in [0.25, 0.3) is 0 Å². The molecule has 0 amide bonds. The summed E-state index contributed by atoms with van der Waals surface area (Å²) in [6.07, 6.45) is 3.05. The quantitative estimate of drug-likeness (QED) is 0.936. The molecular weight excluding hydrogens is 302 g/mol. The summed E-state index contributed by atoms with van der Waals surface area (Å²) in [4.78, 5) is 7.92. The molecule has 2 aromatic rings. The van der Waals surface area contributed by atoms with E-state index in [0.29, 0.717) is 17.4 Å². The molecule has 3 nitrogen and oxygen atoms in total. The Bertz CT molecular complexity index is 531. The van der Waals surface area contributed by atoms with Gasteiger partial charge in [-0.3, -0.25) is 0 Å². The maximum absolute atomic E-state index is 5.96. The third-order valence-corrected chi connectivity index (χ3v) is 3.19. The van der Waals surface area contributed by atoms with Gasteiger partial charge in [0.05, 0.1) is 6.20 Å². The molecule has 17 heavy (non-hydrogen) atoms. The van der Waals surface area contributed by atoms with Crippen LogP contribution in [0.5, 0.6) is 0 Å². The lowest BCUT2D eigenvalue weighted by atomic mass is 10.1. The van der Waals surface area contributed by atoms with Crippen LogP contribution in [0, 0.1) is 6.92 Å². The predicted molar refractivity (Wildman–Crippen MR) is 73.2 cm³/mol. The molecule has 1 aromatic heterocycles. The molecular formula is C12H11BrClN3. The second-order valence-electron chi connectivity index (χ2n) is 3.64. The van der Waals surface area contributed by atoms with E-state index in [2.05, 4.69) is 50.3 Å². The van der Waals surface area contributed by atoms with Crippen molar-refractivity contribution in [3.05, 3.63) is 51.3 Å². The van der Waals surface area contributed by atoms with Crippen molar-refractivity contribution in [1.29, 1.82) is 0 Å². The van der Waals surface area contributed by atoms with Gasteiger partial charge in [-0.1, -0.05) is 33.6 Å². The number of nitrogens with zero attached hydrogens (tertiary/aromatic N) is 2. The molecule has 5 heteroatoms. The molecule has 0 atom stereocenters. The van der Waals surface area contributed by atoms with E-state index in [1.54, 1.807) is 6.20 Å². The Morgan fingerprint density at radius 1 is 1.41 bits per heavy atom. The van der Waals surface area contributed by atoms with Gasteiger partial charge in [-0.25, -0.2) is 9.97 Å². The molecule has 0 unspecified atom stereocenters. The maximum Gasteiger partial charge on any atom is 0.148 e. The molecule has 0 saturated carbocycles. The van der Waals surface area contributed by atoms with Gasteiger partial charge in [0.2, 0.25) is 0 Å². The van der Waals surface area contributed by atoms with Crippen molar-refractivity contribution >= 4 is 33.3 Å². The molecule has 1 N–H and O–H groups in total. The molecule has 0 aliphatic heterocycles. The molecule has 88 valence electrons. The van der Waals surface area contributed by atoms with E-state index in [9.17, 15) is 0 Å². The SMILES string of the molecule is Cc1cc(Br)ccc1CNc1ncncc1Cl. The zero-order valence-corrected chi connectivity index (χ0v) is 11.6. The fourth-order valence-corrected chi connectivity index (χ4v) is 2.13. The van der Waals surface area contributed by atoms with E-state index >= 15 is 0 Å². The fourth-order valence-electron chi connectivity index (χ4n) is 1.48. The zero-order chi connectivity index (χ0) is 12.3. The van der Waals surface area contributed by atoms with Crippen LogP contribution >= 0.6 is 27.5 Å². The van der Waals surface area contributed by atoms with Crippen LogP contribution in [0.1, 0.15) is 11.1 Å². The second kappa shape index (κ2) is 5.47. The van der Waals surface area contributed by atoms with E-state index in [0.717, 1.165) is 4.47 Å². The number of rotatable bonds is 3. The van der Waals surface area contributed by atoms with Gasteiger partial charge < -0.3 is 5.32 Å². The van der Waals surface area contributed by atoms with Crippen LogP contribution in [-0.2, 0) is 6.54 Å². The Labute approximate surface area is 113 Å². The average molecular weight is 313 g/mol. The van der Waals surface area contributed by atoms with Gasteiger partial charge in [0.1, 0.15) is 17.2 Å². The first-order chi connectivity index (χ1) is 8.16. The lowest BCUT2D eigenvalue weighted by Gasteiger charge is -2.09. The zero-order valence-electron chi connectivity index (χ0n) is 9.24. The highest BCUT2D eigenvalue weighted by Gasteiger charge is 2.02. The molecule has 0 saturated heterocycles. The monoisotopic (exact) mass is 311 g/mol. The number of nitrogens with one attached hydrogen (secondary N) is 1. The molecule has 0 radical (unpaired) electrons. The molecule has 0 aliphatic carbocycles. The third-order valence-electron chi connectivity index (χ3n) is 2.42. The minimum Gasteiger partial charge on any atom is -0.365 e. The van der Waals surface area contributed by atoms with Crippen LogP contribution < -0.4 is 5.32 Å². The Balaban J connectivity index is 2.10. The molecule has 1 heterocycles. The highest BCUT2D eigenvalue weighted by molar-refractivity contribution is 9.10. The minimum atomic E-state index is 0.530. The Kier molecular flexibility index (Phi) is 3.97. The highest BCUT2D eigenvalue weighted by Crippen LogP contribution is 2.19. The Hall–Kier alpha value is -1.13. The van der Waals surface area contributed by atoms with E-state index in [1.165, 1.54) is 17.5 Å². The Morgan fingerprint density at radius 2 is 2.24 bits per heavy atom. The first-order valence-corrected chi connectivity index (χ1v) is 6.28. The number of halogens is 2. The molecule has 0 spiro atoms. The van der Waals surface area contributed by atoms with Gasteiger partial charge in [-0.05, 0) is 30.2 Å². The summed E-state index contributed by atoms with van der Waals surface area (Å²) < 4.78 is 1.08. The van der Waals surface area contributed by atoms with Gasteiger partial charge in [0.25, 0.3) is 0 Å². The third kappa shape index (κ3) is 3.17. The first-order valence-electron chi connectivity index (χ1n) is 5.11. The van der Waals surface area contributed by atoms with Gasteiger partial charge in [0, 0.05) is 11.0 Å². The first kappa shape index (κ1) is 12.3. The predicted octanol–water partition coefficient (Wildman–Crippen LogP) is 3.81. The Morgan fingerprint density at radius 3 is 2.94 bits per heavy atom. The van der Waals surface area contributed by atoms with Crippen molar-refractivity contribution in [2.75, 3.05) is 5.32 Å². The second-order valence-corrected chi connectivity index (χ2v) is 4.97. The van der Waals surface area contributed by atoms with Crippen molar-refractivity contribution < 1.29 is 0 Å². The van der Waals surface area contributed by atoms with Crippen LogP contribution in [0.4, 0.5) is 5.82 Å². The van der Waals surface area contributed by atoms with Crippen molar-refractivity contribution in [3.63, 3.8) is 0 Å². The van der Waals surface area contributed by atoms with Crippen molar-refractivity contribution in [1.82, 2.24) is 9.97 Å². The summed E-state index contributed by atoms with van der Waals surface area (Å²) in [5, 5.41) is 3.72. The van der Waals surface area contributed by atoms with Crippen LogP contribution in [0.2, 0.25) is 5.02 Å². The maximum atomic E-state index is 5.96. The standard InChI is InChI=1S/C12H11BrClN3/c1-8-4-10(13)3-2-9(8)5-16-12-11(14)6-15-7-17-12/h2-4,6-7H,5H2,1H3,(H,15,16,17). The summed E-state index contributed by atoms with van der Waals surface area (Å²) in [6, 6.07) is 6.17. The topological polar surface area (TPSA) is 37.8 Å². The number of anilines is 1. The fraction of sp³-hybridized carbons (Fsp3) is 0.167. The number of aromatic nitrogens is 2. The lowest BCUT2D eigenvalue weighted by Crippen LogP contribution is -2.03. The number of hydrogen-bond donors (Lipinski definition) is 1. The largest absolute Gasteiger partial charge is 0.365 e. The van der Waals surface area contributed by atoms with Crippen LogP contribution in [0.15, 0.2) is 35.2 Å². The molecule has 1 aromatic carbocycles. The highest BCUT2D eigenvalue weighted by atomic mass is 79.9. The van der Waals surface area contributed by atoms with Gasteiger partial charge in [-0.2, -0.15) is 0 Å². The number of aryl methyl sites for hydroxylation is 1. The molecule has 0 aliphatic rings. The van der Waals surface area contributed by atoms with Crippen LogP contribution in [0.3, 0.4) is 0 Å². The minimum absolute atomic E-state index is 0.530. The normalized spacial score (nSPS) is 10.3. The van der Waals surface area contributed by atoms with Crippen LogP contribution in [-0.4, -0.2) is 9.97 Å². The molecule has 2 rings (SSSR count). The van der Waals surface area contributed by atoms with Crippen molar-refractivity contribution in [2.24, 2.45) is 0 Å². The summed E-state index contributed by atoms with van der Waals surface area (Å²) in [7, 11) is 0. The molecule has 0 bridgehead atoms. The van der Waals surface area contributed by atoms with Crippen molar-refractivity contribution in [2.45, 2.75) is 13.5 Å². The summed E-state index contributed by atoms with van der Waals surface area (Å²) >= 11 is 9.40. The smallest absolute Gasteiger partial charge is 0.148 e. The van der Waals surface area contributed by atoms with E-state index in [1.807, 2.05) is 6.07 Å². The van der Waals surface area contributed by atoms with E-state index in [-0.39, 0.29) is 0 Å². The molecule has 0 fully saturated rings. The average Bonchev–Trinajstić information content (AvgIpc) is 2.30. The summed E-state index contributed by atoms with van der Waals surface area (Å²) in [5.41, 5.74) is 2.43. The summed E-state index contributed by atoms with van der Waals surface area (Å²) in [5.74, 6) is 0.656.